The molecule has 0 N–H and O–H groups in total. The van der Waals surface area contributed by atoms with Crippen LogP contribution in [0.1, 0.15) is 26.7 Å². The van der Waals surface area contributed by atoms with Gasteiger partial charge in [0.25, 0.3) is 0 Å². The third-order valence-electron chi connectivity index (χ3n) is 1.08. The van der Waals surface area contributed by atoms with Crippen LogP contribution in [0, 0.1) is 0 Å². The van der Waals surface area contributed by atoms with Crippen molar-refractivity contribution in [3.63, 3.8) is 0 Å². The average molecular weight is 180 g/mol. The predicted octanol–water partition coefficient (Wildman–Crippen LogP) is 2.71. The van der Waals surface area contributed by atoms with Gasteiger partial charge in [-0.3, -0.25) is 0 Å². The van der Waals surface area contributed by atoms with Crippen LogP contribution in [-0.4, -0.2) is 20.3 Å². The molecule has 68 valence electrons. The van der Waals surface area contributed by atoms with Gasteiger partial charge in [-0.25, -0.2) is 0 Å². The molecule has 4 heteroatoms. The van der Waals surface area contributed by atoms with Crippen LogP contribution < -0.4 is 0 Å². The summed E-state index contributed by atoms with van der Waals surface area (Å²) in [5, 5.41) is 0. The van der Waals surface area contributed by atoms with Gasteiger partial charge in [-0.1, -0.05) is 13.3 Å². The van der Waals surface area contributed by atoms with Crippen molar-refractivity contribution in [1.29, 1.82) is 0 Å². The minimum atomic E-state index is -1.07. The van der Waals surface area contributed by atoms with E-state index in [-0.39, 0.29) is 0 Å². The Hall–Kier alpha value is 0.310. The molecule has 11 heavy (non-hydrogen) atoms. The van der Waals surface area contributed by atoms with Crippen molar-refractivity contribution >= 4 is 8.60 Å². The second-order valence-corrected chi connectivity index (χ2v) is 3.34. The zero-order chi connectivity index (χ0) is 8.53. The highest BCUT2D eigenvalue weighted by molar-refractivity contribution is 7.41. The fraction of sp³-hybridized carbons (Fsp3) is 1.00. The molecule has 0 heterocycles. The molecule has 3 nitrogen and oxygen atoms in total. The molecule has 0 aromatic rings. The SMILES string of the molecule is CCCCOP(OC)OCC. The van der Waals surface area contributed by atoms with Gasteiger partial charge < -0.3 is 13.6 Å². The van der Waals surface area contributed by atoms with Gasteiger partial charge in [0, 0.05) is 7.11 Å². The Morgan fingerprint density at radius 2 is 1.91 bits per heavy atom. The molecule has 0 aliphatic carbocycles. The van der Waals surface area contributed by atoms with E-state index < -0.39 is 8.60 Å². The molecule has 0 spiro atoms. The van der Waals surface area contributed by atoms with E-state index in [9.17, 15) is 0 Å². The number of unbranched alkanes of at least 4 members (excludes halogenated alkanes) is 1. The maximum Gasteiger partial charge on any atom is 0.332 e. The van der Waals surface area contributed by atoms with Crippen LogP contribution in [0.4, 0.5) is 0 Å². The topological polar surface area (TPSA) is 27.7 Å². The smallest absolute Gasteiger partial charge is 0.316 e. The molecule has 0 amide bonds. The summed E-state index contributed by atoms with van der Waals surface area (Å²) in [5.74, 6) is 0. The standard InChI is InChI=1S/C7H17O3P/c1-4-6-7-10-11(8-3)9-5-2/h4-7H2,1-3H3. The minimum absolute atomic E-state index is 0.645. The van der Waals surface area contributed by atoms with E-state index in [0.29, 0.717) is 6.61 Å². The normalized spacial score (nSPS) is 13.4. The third kappa shape index (κ3) is 6.70. The molecule has 0 saturated carbocycles. The Balaban J connectivity index is 3.20. The highest BCUT2D eigenvalue weighted by atomic mass is 31.2. The van der Waals surface area contributed by atoms with Gasteiger partial charge in [-0.15, -0.1) is 0 Å². The summed E-state index contributed by atoms with van der Waals surface area (Å²) in [6.45, 7) is 5.43. The lowest BCUT2D eigenvalue weighted by molar-refractivity contribution is 0.185. The zero-order valence-electron chi connectivity index (χ0n) is 7.50. The number of hydrogen-bond donors (Lipinski definition) is 0. The Morgan fingerprint density at radius 3 is 2.36 bits per heavy atom. The van der Waals surface area contributed by atoms with E-state index in [4.69, 9.17) is 13.6 Å². The summed E-state index contributed by atoms with van der Waals surface area (Å²) >= 11 is 0. The quantitative estimate of drug-likeness (QED) is 0.445. The molecule has 1 unspecified atom stereocenters. The molecule has 0 aliphatic rings. The van der Waals surface area contributed by atoms with E-state index in [2.05, 4.69) is 6.92 Å². The number of rotatable bonds is 7. The first kappa shape index (κ1) is 11.3. The zero-order valence-corrected chi connectivity index (χ0v) is 8.39. The molecule has 0 saturated heterocycles. The van der Waals surface area contributed by atoms with Crippen molar-refractivity contribution in [3.8, 4) is 0 Å². The van der Waals surface area contributed by atoms with E-state index in [1.807, 2.05) is 6.92 Å². The van der Waals surface area contributed by atoms with Gasteiger partial charge in [0.15, 0.2) is 0 Å². The van der Waals surface area contributed by atoms with Gasteiger partial charge in [-0.05, 0) is 13.3 Å². The highest BCUT2D eigenvalue weighted by Crippen LogP contribution is 2.38. The van der Waals surface area contributed by atoms with Crippen LogP contribution in [0.5, 0.6) is 0 Å². The summed E-state index contributed by atoms with van der Waals surface area (Å²) in [5.41, 5.74) is 0. The van der Waals surface area contributed by atoms with Crippen LogP contribution in [0.15, 0.2) is 0 Å². The van der Waals surface area contributed by atoms with Crippen LogP contribution in [0.2, 0.25) is 0 Å². The van der Waals surface area contributed by atoms with E-state index in [1.165, 1.54) is 0 Å². The maximum atomic E-state index is 5.29. The maximum absolute atomic E-state index is 5.29. The van der Waals surface area contributed by atoms with Gasteiger partial charge in [0.05, 0.1) is 13.2 Å². The molecule has 0 fully saturated rings. The van der Waals surface area contributed by atoms with Gasteiger partial charge in [0.1, 0.15) is 0 Å². The lowest BCUT2D eigenvalue weighted by Crippen LogP contribution is -1.94. The van der Waals surface area contributed by atoms with Crippen molar-refractivity contribution in [2.75, 3.05) is 20.3 Å². The van der Waals surface area contributed by atoms with Gasteiger partial charge in [0.2, 0.25) is 0 Å². The molecule has 0 radical (unpaired) electrons. The Kier molecular flexibility index (Phi) is 8.64. The molecular formula is C7H17O3P. The van der Waals surface area contributed by atoms with Crippen LogP contribution >= 0.6 is 8.60 Å². The minimum Gasteiger partial charge on any atom is -0.316 e. The second kappa shape index (κ2) is 8.41. The Bertz CT molecular complexity index is 80.1. The molecule has 0 aromatic heterocycles. The summed E-state index contributed by atoms with van der Waals surface area (Å²) in [4.78, 5) is 0. The molecule has 0 rings (SSSR count). The van der Waals surface area contributed by atoms with Crippen molar-refractivity contribution in [1.82, 2.24) is 0 Å². The van der Waals surface area contributed by atoms with E-state index in [0.717, 1.165) is 19.4 Å². The molecule has 0 bridgehead atoms. The first-order valence-corrected chi connectivity index (χ1v) is 5.04. The summed E-state index contributed by atoms with van der Waals surface area (Å²) in [7, 11) is 0.534. The fourth-order valence-corrected chi connectivity index (χ4v) is 1.31. The second-order valence-electron chi connectivity index (χ2n) is 2.01. The molecule has 1 atom stereocenters. The number of hydrogen-bond acceptors (Lipinski definition) is 3. The van der Waals surface area contributed by atoms with Gasteiger partial charge in [-0.2, -0.15) is 0 Å². The summed E-state index contributed by atoms with van der Waals surface area (Å²) in [6, 6.07) is 0. The van der Waals surface area contributed by atoms with Crippen LogP contribution in [0.25, 0.3) is 0 Å². The molecule has 0 aliphatic heterocycles. The molecular weight excluding hydrogens is 163 g/mol. The lowest BCUT2D eigenvalue weighted by Gasteiger charge is -2.12. The van der Waals surface area contributed by atoms with Crippen molar-refractivity contribution in [3.05, 3.63) is 0 Å². The van der Waals surface area contributed by atoms with Crippen molar-refractivity contribution < 1.29 is 13.6 Å². The third-order valence-corrected chi connectivity index (χ3v) is 2.24. The van der Waals surface area contributed by atoms with Gasteiger partial charge >= 0.3 is 8.60 Å². The Morgan fingerprint density at radius 1 is 1.18 bits per heavy atom. The molecule has 0 aromatic carbocycles. The first-order chi connectivity index (χ1) is 5.35. The van der Waals surface area contributed by atoms with E-state index in [1.54, 1.807) is 7.11 Å². The lowest BCUT2D eigenvalue weighted by atomic mass is 10.4. The first-order valence-electron chi connectivity index (χ1n) is 3.95. The summed E-state index contributed by atoms with van der Waals surface area (Å²) < 4.78 is 15.4. The van der Waals surface area contributed by atoms with Crippen LogP contribution in [-0.2, 0) is 13.6 Å². The van der Waals surface area contributed by atoms with E-state index >= 15 is 0 Å². The fourth-order valence-electron chi connectivity index (χ4n) is 0.532. The average Bonchev–Trinajstić information content (AvgIpc) is 2.03. The summed E-state index contributed by atoms with van der Waals surface area (Å²) in [6.07, 6.45) is 2.20. The predicted molar refractivity (Wildman–Crippen MR) is 46.4 cm³/mol. The van der Waals surface area contributed by atoms with Crippen molar-refractivity contribution in [2.24, 2.45) is 0 Å². The van der Waals surface area contributed by atoms with Crippen LogP contribution in [0.3, 0.4) is 0 Å². The Labute approximate surface area is 70.0 Å². The van der Waals surface area contributed by atoms with Crippen molar-refractivity contribution in [2.45, 2.75) is 26.7 Å². The monoisotopic (exact) mass is 180 g/mol. The highest BCUT2D eigenvalue weighted by Gasteiger charge is 2.07. The largest absolute Gasteiger partial charge is 0.332 e.